The van der Waals surface area contributed by atoms with Crippen molar-refractivity contribution in [3.05, 3.63) is 105 Å². The molecule has 0 aliphatic carbocycles. The Morgan fingerprint density at radius 1 is 0.854 bits per heavy atom. The van der Waals surface area contributed by atoms with Gasteiger partial charge in [0, 0.05) is 47.1 Å². The Morgan fingerprint density at radius 3 is 1.98 bits per heavy atom. The summed E-state index contributed by atoms with van der Waals surface area (Å²) in [6.07, 6.45) is 0.508. The summed E-state index contributed by atoms with van der Waals surface area (Å²) in [6, 6.07) is 20.4. The van der Waals surface area contributed by atoms with Crippen molar-refractivity contribution in [2.75, 3.05) is 6.54 Å². The highest BCUT2D eigenvalue weighted by Gasteiger charge is 2.36. The molecule has 1 unspecified atom stereocenters. The van der Waals surface area contributed by atoms with Gasteiger partial charge in [-0.25, -0.2) is 0 Å². The number of hydrogen-bond donors (Lipinski definition) is 1. The Balaban J connectivity index is 1.60. The third-order valence-corrected chi connectivity index (χ3v) is 7.52. The first-order valence-corrected chi connectivity index (χ1v) is 14.3. The Bertz CT molecular complexity index is 1400. The third kappa shape index (κ3) is 7.34. The van der Waals surface area contributed by atoms with Crippen LogP contribution in [0.5, 0.6) is 0 Å². The SMILES string of the molecule is CC(C)(C)NC(=O)C(Cc1ccccc1)N(Cc1c(Cl)cccc1Cl)C(=O)CCCN1C(=O)c2ccccc2C1=O. The molecule has 1 atom stereocenters. The van der Waals surface area contributed by atoms with Crippen molar-refractivity contribution in [2.24, 2.45) is 0 Å². The molecule has 9 heteroatoms. The maximum atomic E-state index is 13.9. The maximum Gasteiger partial charge on any atom is 0.261 e. The number of halogens is 2. The first-order chi connectivity index (χ1) is 19.5. The largest absolute Gasteiger partial charge is 0.350 e. The van der Waals surface area contributed by atoms with Gasteiger partial charge in [0.2, 0.25) is 11.8 Å². The van der Waals surface area contributed by atoms with Crippen LogP contribution in [0.3, 0.4) is 0 Å². The number of benzene rings is 3. The summed E-state index contributed by atoms with van der Waals surface area (Å²) in [7, 11) is 0. The molecule has 1 N–H and O–H groups in total. The van der Waals surface area contributed by atoms with Gasteiger partial charge in [0.05, 0.1) is 11.1 Å². The number of fused-ring (bicyclic) bond motifs is 1. The molecule has 1 aliphatic rings. The Labute approximate surface area is 250 Å². The van der Waals surface area contributed by atoms with Gasteiger partial charge in [0.15, 0.2) is 0 Å². The van der Waals surface area contributed by atoms with Gasteiger partial charge in [-0.1, -0.05) is 71.7 Å². The lowest BCUT2D eigenvalue weighted by Gasteiger charge is -2.34. The van der Waals surface area contributed by atoms with E-state index in [1.165, 1.54) is 9.80 Å². The molecule has 0 aromatic heterocycles. The molecular formula is C32H33Cl2N3O4. The van der Waals surface area contributed by atoms with Crippen molar-refractivity contribution in [3.63, 3.8) is 0 Å². The molecule has 214 valence electrons. The fraction of sp³-hybridized carbons (Fsp3) is 0.312. The minimum Gasteiger partial charge on any atom is -0.350 e. The summed E-state index contributed by atoms with van der Waals surface area (Å²) in [5.74, 6) is -1.37. The predicted octanol–water partition coefficient (Wildman–Crippen LogP) is 5.92. The van der Waals surface area contributed by atoms with Gasteiger partial charge in [-0.2, -0.15) is 0 Å². The van der Waals surface area contributed by atoms with E-state index in [9.17, 15) is 19.2 Å². The van der Waals surface area contributed by atoms with E-state index in [-0.39, 0.29) is 56.0 Å². The molecule has 4 amide bonds. The predicted molar refractivity (Wildman–Crippen MR) is 160 cm³/mol. The lowest BCUT2D eigenvalue weighted by molar-refractivity contribution is -0.142. The summed E-state index contributed by atoms with van der Waals surface area (Å²) in [5.41, 5.74) is 1.61. The van der Waals surface area contributed by atoms with E-state index in [1.54, 1.807) is 42.5 Å². The quantitative estimate of drug-likeness (QED) is 0.295. The third-order valence-electron chi connectivity index (χ3n) is 6.81. The molecule has 7 nitrogen and oxygen atoms in total. The van der Waals surface area contributed by atoms with Crippen LogP contribution in [-0.2, 0) is 22.6 Å². The van der Waals surface area contributed by atoms with Gasteiger partial charge in [0.1, 0.15) is 6.04 Å². The lowest BCUT2D eigenvalue weighted by Crippen LogP contribution is -2.54. The monoisotopic (exact) mass is 593 g/mol. The van der Waals surface area contributed by atoms with Gasteiger partial charge in [-0.05, 0) is 57.0 Å². The van der Waals surface area contributed by atoms with E-state index in [0.717, 1.165) is 5.56 Å². The second kappa shape index (κ2) is 12.9. The van der Waals surface area contributed by atoms with Crippen LogP contribution in [0.1, 0.15) is 65.5 Å². The Hall–Kier alpha value is -3.68. The summed E-state index contributed by atoms with van der Waals surface area (Å²) < 4.78 is 0. The minimum atomic E-state index is -0.865. The normalized spacial score (nSPS) is 13.6. The van der Waals surface area contributed by atoms with E-state index in [0.29, 0.717) is 26.7 Å². The number of nitrogens with one attached hydrogen (secondary N) is 1. The summed E-state index contributed by atoms with van der Waals surface area (Å²) in [6.45, 7) is 5.73. The Kier molecular flexibility index (Phi) is 9.51. The molecule has 0 bridgehead atoms. The van der Waals surface area contributed by atoms with E-state index >= 15 is 0 Å². The van der Waals surface area contributed by atoms with Crippen molar-refractivity contribution in [2.45, 2.75) is 58.2 Å². The molecule has 3 aromatic carbocycles. The molecule has 0 saturated heterocycles. The second-order valence-electron chi connectivity index (χ2n) is 11.1. The molecule has 4 rings (SSSR count). The molecule has 0 radical (unpaired) electrons. The lowest BCUT2D eigenvalue weighted by atomic mass is 10.00. The van der Waals surface area contributed by atoms with Crippen LogP contribution in [0.2, 0.25) is 10.0 Å². The van der Waals surface area contributed by atoms with Gasteiger partial charge in [-0.15, -0.1) is 0 Å². The average molecular weight is 595 g/mol. The summed E-state index contributed by atoms with van der Waals surface area (Å²) in [4.78, 5) is 55.9. The topological polar surface area (TPSA) is 86.8 Å². The number of rotatable bonds is 10. The standard InChI is InChI=1S/C32H33Cl2N3O4/c1-32(2,3)35-29(39)27(19-21-11-5-4-6-12-21)37(20-24-25(33)15-9-16-26(24)34)28(38)17-10-18-36-30(40)22-13-7-8-14-23(22)31(36)41/h4-9,11-16,27H,10,17-20H2,1-3H3,(H,35,39). The highest BCUT2D eigenvalue weighted by atomic mass is 35.5. The maximum absolute atomic E-state index is 13.9. The van der Waals surface area contributed by atoms with Crippen LogP contribution in [0.4, 0.5) is 0 Å². The highest BCUT2D eigenvalue weighted by molar-refractivity contribution is 6.36. The second-order valence-corrected chi connectivity index (χ2v) is 11.9. The number of amides is 4. The number of hydrogen-bond acceptors (Lipinski definition) is 4. The smallest absolute Gasteiger partial charge is 0.261 e. The summed E-state index contributed by atoms with van der Waals surface area (Å²) in [5, 5.41) is 3.79. The van der Waals surface area contributed by atoms with Crippen LogP contribution in [0.25, 0.3) is 0 Å². The van der Waals surface area contributed by atoms with Gasteiger partial charge >= 0.3 is 0 Å². The van der Waals surface area contributed by atoms with Crippen molar-refractivity contribution in [3.8, 4) is 0 Å². The van der Waals surface area contributed by atoms with E-state index in [1.807, 2.05) is 51.1 Å². The van der Waals surface area contributed by atoms with Gasteiger partial charge < -0.3 is 10.2 Å². The van der Waals surface area contributed by atoms with Crippen molar-refractivity contribution < 1.29 is 19.2 Å². The number of carbonyl (C=O) groups is 4. The van der Waals surface area contributed by atoms with Crippen LogP contribution in [-0.4, -0.2) is 51.6 Å². The molecule has 0 fully saturated rings. The summed E-state index contributed by atoms with van der Waals surface area (Å²) >= 11 is 13.0. The molecule has 0 saturated carbocycles. The molecular weight excluding hydrogens is 561 g/mol. The average Bonchev–Trinajstić information content (AvgIpc) is 3.16. The molecule has 0 spiro atoms. The minimum absolute atomic E-state index is 0.00354. The number of nitrogens with zero attached hydrogens (tertiary/aromatic N) is 2. The van der Waals surface area contributed by atoms with E-state index < -0.39 is 11.6 Å². The van der Waals surface area contributed by atoms with Gasteiger partial charge in [-0.3, -0.25) is 24.1 Å². The first kappa shape index (κ1) is 30.3. The van der Waals surface area contributed by atoms with Crippen LogP contribution in [0, 0.1) is 0 Å². The first-order valence-electron chi connectivity index (χ1n) is 13.5. The molecule has 1 aliphatic heterocycles. The zero-order valence-electron chi connectivity index (χ0n) is 23.3. The van der Waals surface area contributed by atoms with Gasteiger partial charge in [0.25, 0.3) is 11.8 Å². The molecule has 3 aromatic rings. The van der Waals surface area contributed by atoms with Crippen LogP contribution in [0.15, 0.2) is 72.8 Å². The zero-order chi connectivity index (χ0) is 29.7. The van der Waals surface area contributed by atoms with E-state index in [2.05, 4.69) is 5.32 Å². The Morgan fingerprint density at radius 2 is 1.41 bits per heavy atom. The number of carbonyl (C=O) groups excluding carboxylic acids is 4. The molecule has 1 heterocycles. The van der Waals surface area contributed by atoms with Crippen LogP contribution >= 0.6 is 23.2 Å². The fourth-order valence-corrected chi connectivity index (χ4v) is 5.35. The van der Waals surface area contributed by atoms with Crippen LogP contribution < -0.4 is 5.32 Å². The highest BCUT2D eigenvalue weighted by Crippen LogP contribution is 2.28. The number of imide groups is 1. The molecule has 41 heavy (non-hydrogen) atoms. The van der Waals surface area contributed by atoms with Crippen molar-refractivity contribution in [1.82, 2.24) is 15.1 Å². The fourth-order valence-electron chi connectivity index (χ4n) is 4.83. The van der Waals surface area contributed by atoms with E-state index in [4.69, 9.17) is 23.2 Å². The van der Waals surface area contributed by atoms with Crippen molar-refractivity contribution in [1.29, 1.82) is 0 Å². The van der Waals surface area contributed by atoms with Crippen molar-refractivity contribution >= 4 is 46.8 Å². The zero-order valence-corrected chi connectivity index (χ0v) is 24.8.